The Balaban J connectivity index is 2.66. The van der Waals surface area contributed by atoms with Crippen LogP contribution in [0.5, 0.6) is 0 Å². The minimum absolute atomic E-state index is 0.231. The Bertz CT molecular complexity index is 607. The van der Waals surface area contributed by atoms with Gasteiger partial charge < -0.3 is 10.5 Å². The highest BCUT2D eigenvalue weighted by atomic mass is 16.5. The number of nitrogens with two attached hydrogens (primary N) is 1. The highest BCUT2D eigenvalue weighted by Crippen LogP contribution is 2.45. The van der Waals surface area contributed by atoms with E-state index < -0.39 is 11.1 Å². The molecule has 2 aromatic rings. The number of hydrogen-bond donors (Lipinski definition) is 1. The zero-order valence-electron chi connectivity index (χ0n) is 15.2. The van der Waals surface area contributed by atoms with Crippen LogP contribution in [0.1, 0.15) is 38.3 Å². The standard InChI is InChI=1S/C22H29NO/c1-5-6-13-18(2)21(3,23)22(24-4,19-14-9-7-10-15-19)20-16-11-8-12-17-20/h5-12,14-18H,13,23H2,1-4H3. The van der Waals surface area contributed by atoms with Crippen LogP contribution < -0.4 is 5.73 Å². The maximum atomic E-state index is 7.00. The molecule has 2 unspecified atom stereocenters. The molecule has 0 radical (unpaired) electrons. The molecule has 0 aliphatic rings. The number of ether oxygens (including phenoxy) is 1. The summed E-state index contributed by atoms with van der Waals surface area (Å²) in [7, 11) is 1.76. The second-order valence-corrected chi connectivity index (χ2v) is 6.61. The molecule has 2 aromatic carbocycles. The predicted octanol–water partition coefficient (Wildman–Crippen LogP) is 4.90. The smallest absolute Gasteiger partial charge is 0.136 e. The normalized spacial score (nSPS) is 16.0. The summed E-state index contributed by atoms with van der Waals surface area (Å²) >= 11 is 0. The molecule has 24 heavy (non-hydrogen) atoms. The minimum atomic E-state index is -0.712. The Morgan fingerprint density at radius 3 is 1.83 bits per heavy atom. The second kappa shape index (κ2) is 7.78. The molecule has 128 valence electrons. The minimum Gasteiger partial charge on any atom is -0.367 e. The van der Waals surface area contributed by atoms with Gasteiger partial charge in [-0.2, -0.15) is 0 Å². The van der Waals surface area contributed by atoms with Crippen molar-refractivity contribution in [3.8, 4) is 0 Å². The fourth-order valence-electron chi connectivity index (χ4n) is 3.52. The Morgan fingerprint density at radius 2 is 1.46 bits per heavy atom. The van der Waals surface area contributed by atoms with E-state index in [4.69, 9.17) is 10.5 Å². The maximum Gasteiger partial charge on any atom is 0.136 e. The van der Waals surface area contributed by atoms with Crippen LogP contribution in [0.3, 0.4) is 0 Å². The van der Waals surface area contributed by atoms with E-state index in [1.54, 1.807) is 7.11 Å². The molecule has 2 N–H and O–H groups in total. The van der Waals surface area contributed by atoms with E-state index in [0.717, 1.165) is 17.5 Å². The van der Waals surface area contributed by atoms with Gasteiger partial charge in [-0.25, -0.2) is 0 Å². The lowest BCUT2D eigenvalue weighted by Crippen LogP contribution is -2.61. The number of hydrogen-bond acceptors (Lipinski definition) is 2. The summed E-state index contributed by atoms with van der Waals surface area (Å²) in [6.45, 7) is 6.34. The molecule has 0 saturated carbocycles. The van der Waals surface area contributed by atoms with Crippen molar-refractivity contribution in [2.45, 2.75) is 38.3 Å². The van der Waals surface area contributed by atoms with Crippen LogP contribution in [-0.2, 0) is 10.3 Å². The molecule has 0 spiro atoms. The Kier molecular flexibility index (Phi) is 5.98. The first-order valence-corrected chi connectivity index (χ1v) is 8.57. The molecule has 0 bridgehead atoms. The van der Waals surface area contributed by atoms with Crippen molar-refractivity contribution >= 4 is 0 Å². The largest absolute Gasteiger partial charge is 0.367 e. The van der Waals surface area contributed by atoms with Crippen molar-refractivity contribution in [2.75, 3.05) is 7.11 Å². The molecule has 0 aromatic heterocycles. The lowest BCUT2D eigenvalue weighted by Gasteiger charge is -2.49. The average Bonchev–Trinajstić information content (AvgIpc) is 2.62. The van der Waals surface area contributed by atoms with Crippen molar-refractivity contribution in [3.05, 3.63) is 83.9 Å². The summed E-state index contributed by atoms with van der Waals surface area (Å²) in [5, 5.41) is 0. The molecular formula is C22H29NO. The highest BCUT2D eigenvalue weighted by Gasteiger charge is 2.51. The monoisotopic (exact) mass is 323 g/mol. The number of benzene rings is 2. The predicted molar refractivity (Wildman–Crippen MR) is 102 cm³/mol. The van der Waals surface area contributed by atoms with Gasteiger partial charge in [0, 0.05) is 7.11 Å². The van der Waals surface area contributed by atoms with Crippen LogP contribution in [0.15, 0.2) is 72.8 Å². The lowest BCUT2D eigenvalue weighted by molar-refractivity contribution is -0.0579. The third-order valence-electron chi connectivity index (χ3n) is 5.17. The second-order valence-electron chi connectivity index (χ2n) is 6.61. The van der Waals surface area contributed by atoms with Gasteiger partial charge in [-0.15, -0.1) is 0 Å². The number of allylic oxidation sites excluding steroid dienone is 2. The van der Waals surface area contributed by atoms with Crippen molar-refractivity contribution in [2.24, 2.45) is 11.7 Å². The molecular weight excluding hydrogens is 294 g/mol. The van der Waals surface area contributed by atoms with Crippen LogP contribution in [0.25, 0.3) is 0 Å². The molecule has 0 saturated heterocycles. The zero-order chi connectivity index (χ0) is 17.6. The fourth-order valence-corrected chi connectivity index (χ4v) is 3.52. The first-order chi connectivity index (χ1) is 11.5. The zero-order valence-corrected chi connectivity index (χ0v) is 15.2. The van der Waals surface area contributed by atoms with Crippen LogP contribution in [0.2, 0.25) is 0 Å². The molecule has 0 amide bonds. The van der Waals surface area contributed by atoms with Crippen molar-refractivity contribution in [3.63, 3.8) is 0 Å². The van der Waals surface area contributed by atoms with Crippen LogP contribution >= 0.6 is 0 Å². The third kappa shape index (κ3) is 3.17. The van der Waals surface area contributed by atoms with E-state index in [0.29, 0.717) is 0 Å². The van der Waals surface area contributed by atoms with Gasteiger partial charge in [0.1, 0.15) is 5.60 Å². The van der Waals surface area contributed by atoms with Crippen LogP contribution in [0, 0.1) is 5.92 Å². The maximum absolute atomic E-state index is 7.00. The molecule has 0 fully saturated rings. The number of methoxy groups -OCH3 is 1. The summed E-state index contributed by atoms with van der Waals surface area (Å²) in [5.41, 5.74) is 7.85. The van der Waals surface area contributed by atoms with E-state index in [9.17, 15) is 0 Å². The van der Waals surface area contributed by atoms with Gasteiger partial charge in [-0.3, -0.25) is 0 Å². The third-order valence-corrected chi connectivity index (χ3v) is 5.17. The summed E-state index contributed by atoms with van der Waals surface area (Å²) in [4.78, 5) is 0. The summed E-state index contributed by atoms with van der Waals surface area (Å²) in [6.07, 6.45) is 5.16. The molecule has 2 rings (SSSR count). The van der Waals surface area contributed by atoms with E-state index in [1.165, 1.54) is 0 Å². The summed E-state index contributed by atoms with van der Waals surface area (Å²) in [6, 6.07) is 20.6. The van der Waals surface area contributed by atoms with Crippen molar-refractivity contribution in [1.82, 2.24) is 0 Å². The van der Waals surface area contributed by atoms with Crippen LogP contribution in [0.4, 0.5) is 0 Å². The molecule has 0 aliphatic carbocycles. The molecule has 2 heteroatoms. The summed E-state index contributed by atoms with van der Waals surface area (Å²) < 4.78 is 6.23. The van der Waals surface area contributed by atoms with E-state index in [2.05, 4.69) is 50.3 Å². The van der Waals surface area contributed by atoms with Crippen molar-refractivity contribution in [1.29, 1.82) is 0 Å². The van der Waals surface area contributed by atoms with E-state index >= 15 is 0 Å². The quantitative estimate of drug-likeness (QED) is 0.736. The Morgan fingerprint density at radius 1 is 1.00 bits per heavy atom. The average molecular weight is 323 g/mol. The van der Waals surface area contributed by atoms with Gasteiger partial charge in [-0.05, 0) is 37.3 Å². The first-order valence-electron chi connectivity index (χ1n) is 8.57. The molecule has 0 aliphatic heterocycles. The van der Waals surface area contributed by atoms with Gasteiger partial charge >= 0.3 is 0 Å². The van der Waals surface area contributed by atoms with Gasteiger partial charge in [0.25, 0.3) is 0 Å². The van der Waals surface area contributed by atoms with Gasteiger partial charge in [0.05, 0.1) is 5.54 Å². The topological polar surface area (TPSA) is 35.2 Å². The fraction of sp³-hybridized carbons (Fsp3) is 0.364. The molecule has 2 nitrogen and oxygen atoms in total. The summed E-state index contributed by atoms with van der Waals surface area (Å²) in [5.74, 6) is 0.231. The Labute approximate surface area is 146 Å². The first kappa shape index (κ1) is 18.4. The highest BCUT2D eigenvalue weighted by molar-refractivity contribution is 5.41. The number of rotatable bonds is 7. The van der Waals surface area contributed by atoms with Crippen LogP contribution in [-0.4, -0.2) is 12.6 Å². The van der Waals surface area contributed by atoms with E-state index in [1.807, 2.05) is 43.3 Å². The lowest BCUT2D eigenvalue weighted by atomic mass is 9.65. The SMILES string of the molecule is CC=CCC(C)C(C)(N)C(OC)(c1ccccc1)c1ccccc1. The van der Waals surface area contributed by atoms with Gasteiger partial charge in [-0.1, -0.05) is 79.7 Å². The van der Waals surface area contributed by atoms with Gasteiger partial charge in [0.15, 0.2) is 0 Å². The Hall–Kier alpha value is -1.90. The van der Waals surface area contributed by atoms with Crippen molar-refractivity contribution < 1.29 is 4.74 Å². The van der Waals surface area contributed by atoms with E-state index in [-0.39, 0.29) is 5.92 Å². The van der Waals surface area contributed by atoms with Gasteiger partial charge in [0.2, 0.25) is 0 Å². The molecule has 2 atom stereocenters. The molecule has 0 heterocycles.